The summed E-state index contributed by atoms with van der Waals surface area (Å²) in [6.07, 6.45) is 3.20. The summed E-state index contributed by atoms with van der Waals surface area (Å²) in [6, 6.07) is 3.70. The van der Waals surface area contributed by atoms with E-state index in [0.29, 0.717) is 12.1 Å². The predicted molar refractivity (Wildman–Crippen MR) is 48.2 cm³/mol. The van der Waals surface area contributed by atoms with Gasteiger partial charge in [-0.25, -0.2) is 0 Å². The molecule has 0 aliphatic heterocycles. The van der Waals surface area contributed by atoms with Crippen LogP contribution in [-0.4, -0.2) is 10.8 Å². The van der Waals surface area contributed by atoms with Gasteiger partial charge in [0, 0.05) is 12.6 Å². The lowest BCUT2D eigenvalue weighted by Gasteiger charge is -1.97. The van der Waals surface area contributed by atoms with E-state index >= 15 is 0 Å². The lowest BCUT2D eigenvalue weighted by atomic mass is 10.1. The summed E-state index contributed by atoms with van der Waals surface area (Å²) >= 11 is 0. The molecule has 0 atom stereocenters. The van der Waals surface area contributed by atoms with Crippen molar-refractivity contribution in [3.63, 3.8) is 0 Å². The van der Waals surface area contributed by atoms with Crippen LogP contribution in [0.5, 0.6) is 0 Å². The summed E-state index contributed by atoms with van der Waals surface area (Å²) < 4.78 is 0. The molecule has 1 aromatic rings. The Morgan fingerprint density at radius 1 is 1.50 bits per heavy atom. The third kappa shape index (κ3) is 2.16. The van der Waals surface area contributed by atoms with E-state index in [9.17, 15) is 4.79 Å². The average Bonchev–Trinajstić information content (AvgIpc) is 2.06. The Labute approximate surface area is 72.6 Å². The zero-order valence-electron chi connectivity index (χ0n) is 7.50. The van der Waals surface area contributed by atoms with Crippen molar-refractivity contribution in [1.29, 1.82) is 0 Å². The van der Waals surface area contributed by atoms with Crippen LogP contribution in [0.25, 0.3) is 0 Å². The first kappa shape index (κ1) is 8.91. The molecule has 64 valence electrons. The van der Waals surface area contributed by atoms with Crippen molar-refractivity contribution in [2.75, 3.05) is 0 Å². The van der Waals surface area contributed by atoms with Crippen molar-refractivity contribution in [3.8, 4) is 0 Å². The Kier molecular flexibility index (Phi) is 2.97. The Balaban J connectivity index is 2.75. The van der Waals surface area contributed by atoms with Gasteiger partial charge in [0.15, 0.2) is 5.78 Å². The molecular formula is C10H13NO. The number of pyridine rings is 1. The lowest BCUT2D eigenvalue weighted by molar-refractivity contribution is 0.0977. The molecule has 1 rings (SSSR count). The molecular weight excluding hydrogens is 150 g/mol. The molecule has 0 saturated heterocycles. The summed E-state index contributed by atoms with van der Waals surface area (Å²) in [5.74, 6) is 0.137. The van der Waals surface area contributed by atoms with Crippen LogP contribution in [0.1, 0.15) is 35.8 Å². The lowest BCUT2D eigenvalue weighted by Crippen LogP contribution is -2.00. The zero-order valence-corrected chi connectivity index (χ0v) is 7.50. The monoisotopic (exact) mass is 163 g/mol. The van der Waals surface area contributed by atoms with Gasteiger partial charge in [0.1, 0.15) is 5.69 Å². The van der Waals surface area contributed by atoms with Gasteiger partial charge in [0.25, 0.3) is 0 Å². The van der Waals surface area contributed by atoms with Gasteiger partial charge >= 0.3 is 0 Å². The summed E-state index contributed by atoms with van der Waals surface area (Å²) in [5, 5.41) is 0. The van der Waals surface area contributed by atoms with Crippen LogP contribution in [0.2, 0.25) is 0 Å². The second-order valence-corrected chi connectivity index (χ2v) is 2.89. The van der Waals surface area contributed by atoms with Gasteiger partial charge in [-0.1, -0.05) is 13.0 Å². The molecule has 12 heavy (non-hydrogen) atoms. The van der Waals surface area contributed by atoms with Crippen molar-refractivity contribution < 1.29 is 4.79 Å². The topological polar surface area (TPSA) is 30.0 Å². The largest absolute Gasteiger partial charge is 0.292 e. The minimum atomic E-state index is 0.137. The number of aromatic nitrogens is 1. The zero-order chi connectivity index (χ0) is 8.97. The highest BCUT2D eigenvalue weighted by Gasteiger charge is 2.03. The molecule has 0 aromatic carbocycles. The Morgan fingerprint density at radius 2 is 2.25 bits per heavy atom. The molecule has 2 nitrogen and oxygen atoms in total. The first-order valence-corrected chi connectivity index (χ1v) is 4.20. The number of nitrogens with zero attached hydrogens (tertiary/aromatic N) is 1. The van der Waals surface area contributed by atoms with Gasteiger partial charge in [-0.15, -0.1) is 0 Å². The van der Waals surface area contributed by atoms with Crippen LogP contribution < -0.4 is 0 Å². The number of Topliss-reactive ketones (excluding diaryl/α,β-unsaturated/α-hetero) is 1. The average molecular weight is 163 g/mol. The quantitative estimate of drug-likeness (QED) is 0.640. The number of rotatable bonds is 3. The van der Waals surface area contributed by atoms with Crippen molar-refractivity contribution >= 4 is 5.78 Å². The third-order valence-corrected chi connectivity index (χ3v) is 1.67. The molecule has 1 heterocycles. The van der Waals surface area contributed by atoms with E-state index in [1.807, 2.05) is 19.9 Å². The van der Waals surface area contributed by atoms with Gasteiger partial charge in [-0.05, 0) is 25.0 Å². The maximum absolute atomic E-state index is 11.3. The van der Waals surface area contributed by atoms with Crippen LogP contribution in [0.15, 0.2) is 18.3 Å². The smallest absolute Gasteiger partial charge is 0.181 e. The molecule has 2 heteroatoms. The molecule has 0 N–H and O–H groups in total. The summed E-state index contributed by atoms with van der Waals surface area (Å²) in [4.78, 5) is 15.3. The van der Waals surface area contributed by atoms with Crippen molar-refractivity contribution in [2.24, 2.45) is 0 Å². The van der Waals surface area contributed by atoms with Crippen molar-refractivity contribution in [3.05, 3.63) is 29.6 Å². The Bertz CT molecular complexity index is 264. The van der Waals surface area contributed by atoms with E-state index in [2.05, 4.69) is 4.98 Å². The van der Waals surface area contributed by atoms with E-state index in [-0.39, 0.29) is 5.78 Å². The van der Waals surface area contributed by atoms with Crippen LogP contribution in [0.3, 0.4) is 0 Å². The van der Waals surface area contributed by atoms with E-state index in [1.54, 1.807) is 12.3 Å². The van der Waals surface area contributed by atoms with Crippen LogP contribution in [0, 0.1) is 6.92 Å². The van der Waals surface area contributed by atoms with Crippen molar-refractivity contribution in [2.45, 2.75) is 26.7 Å². The first-order valence-electron chi connectivity index (χ1n) is 4.20. The van der Waals surface area contributed by atoms with E-state index in [1.165, 1.54) is 0 Å². The fourth-order valence-corrected chi connectivity index (χ4v) is 0.988. The van der Waals surface area contributed by atoms with E-state index in [0.717, 1.165) is 12.0 Å². The molecule has 0 radical (unpaired) electrons. The summed E-state index contributed by atoms with van der Waals surface area (Å²) in [5.41, 5.74) is 1.67. The number of ketones is 1. The predicted octanol–water partition coefficient (Wildman–Crippen LogP) is 2.37. The molecule has 0 bridgehead atoms. The van der Waals surface area contributed by atoms with Gasteiger partial charge < -0.3 is 0 Å². The minimum Gasteiger partial charge on any atom is -0.292 e. The number of hydrogen-bond acceptors (Lipinski definition) is 2. The van der Waals surface area contributed by atoms with Gasteiger partial charge in [0.05, 0.1) is 0 Å². The number of carbonyl (C=O) groups excluding carboxylic acids is 1. The Hall–Kier alpha value is -1.18. The highest BCUT2D eigenvalue weighted by atomic mass is 16.1. The van der Waals surface area contributed by atoms with Crippen LogP contribution >= 0.6 is 0 Å². The van der Waals surface area contributed by atoms with Crippen molar-refractivity contribution in [1.82, 2.24) is 4.98 Å². The highest BCUT2D eigenvalue weighted by Crippen LogP contribution is 2.03. The molecule has 0 unspecified atom stereocenters. The SMILES string of the molecule is CCCC(=O)c1ccc(C)cn1. The molecule has 0 spiro atoms. The molecule has 0 saturated carbocycles. The van der Waals surface area contributed by atoms with Crippen LogP contribution in [0.4, 0.5) is 0 Å². The molecule has 0 aliphatic rings. The Morgan fingerprint density at radius 3 is 2.75 bits per heavy atom. The fourth-order valence-electron chi connectivity index (χ4n) is 0.988. The summed E-state index contributed by atoms with van der Waals surface area (Å²) in [6.45, 7) is 3.95. The van der Waals surface area contributed by atoms with Gasteiger partial charge in [0.2, 0.25) is 0 Å². The summed E-state index contributed by atoms with van der Waals surface area (Å²) in [7, 11) is 0. The number of carbonyl (C=O) groups is 1. The van der Waals surface area contributed by atoms with Gasteiger partial charge in [-0.3, -0.25) is 9.78 Å². The van der Waals surface area contributed by atoms with E-state index < -0.39 is 0 Å². The van der Waals surface area contributed by atoms with Crippen LogP contribution in [-0.2, 0) is 0 Å². The maximum atomic E-state index is 11.3. The number of hydrogen-bond donors (Lipinski definition) is 0. The molecule has 1 aromatic heterocycles. The molecule has 0 aliphatic carbocycles. The minimum absolute atomic E-state index is 0.137. The standard InChI is InChI=1S/C10H13NO/c1-3-4-10(12)9-6-5-8(2)7-11-9/h5-7H,3-4H2,1-2H3. The normalized spacial score (nSPS) is 9.83. The first-order chi connectivity index (χ1) is 5.74. The molecule has 0 fully saturated rings. The third-order valence-electron chi connectivity index (χ3n) is 1.67. The maximum Gasteiger partial charge on any atom is 0.181 e. The number of aryl methyl sites for hydroxylation is 1. The highest BCUT2D eigenvalue weighted by molar-refractivity contribution is 5.94. The van der Waals surface area contributed by atoms with Gasteiger partial charge in [-0.2, -0.15) is 0 Å². The fraction of sp³-hybridized carbons (Fsp3) is 0.400. The second kappa shape index (κ2) is 4.00. The van der Waals surface area contributed by atoms with E-state index in [4.69, 9.17) is 0 Å². The second-order valence-electron chi connectivity index (χ2n) is 2.89. The molecule has 0 amide bonds.